The first-order chi connectivity index (χ1) is 26.8. The van der Waals surface area contributed by atoms with Crippen LogP contribution in [0, 0.1) is 0 Å². The number of rotatable bonds is 10. The van der Waals surface area contributed by atoms with E-state index in [-0.39, 0.29) is 23.9 Å². The van der Waals surface area contributed by atoms with Gasteiger partial charge in [0.15, 0.2) is 0 Å². The standard InChI is InChI=1S/C42H46N8O5/c1-47(42(53)54)38(32-7-3-2-4-8-32)41(52)50-20-6-10-36(50)40-44-26-34(46-40)31-17-13-29(14-18-31)28-11-15-30(16-12-28)33-25-43-39(45-33)35-9-5-19-49(35)37(51)27-48-21-23-55-24-22-48/h2-4,7-8,11-18,25-26,35-36,38H,5-6,9-10,19-24,27H2,1H3,(H,43,45)(H,44,46)(H,53,54)/t35-,36-,38+/m0/s1. The number of aromatic nitrogens is 4. The van der Waals surface area contributed by atoms with Gasteiger partial charge < -0.3 is 29.6 Å². The molecule has 3 aromatic carbocycles. The van der Waals surface area contributed by atoms with Gasteiger partial charge in [-0.25, -0.2) is 14.8 Å². The smallest absolute Gasteiger partial charge is 0.407 e. The van der Waals surface area contributed by atoms with Crippen molar-refractivity contribution in [2.45, 2.75) is 43.8 Å². The predicted octanol–water partition coefficient (Wildman–Crippen LogP) is 6.14. The summed E-state index contributed by atoms with van der Waals surface area (Å²) in [4.78, 5) is 62.4. The molecule has 3 N–H and O–H groups in total. The van der Waals surface area contributed by atoms with E-state index in [1.165, 1.54) is 7.05 Å². The lowest BCUT2D eigenvalue weighted by Gasteiger charge is -2.32. The molecule has 13 heteroatoms. The van der Waals surface area contributed by atoms with Crippen LogP contribution in [-0.2, 0) is 14.3 Å². The lowest BCUT2D eigenvalue weighted by atomic mass is 10.0. The normalized spacial score (nSPS) is 19.4. The number of likely N-dealkylation sites (N-methyl/N-ethyl adjacent to an activating group) is 1. The summed E-state index contributed by atoms with van der Waals surface area (Å²) in [6.45, 7) is 4.64. The summed E-state index contributed by atoms with van der Waals surface area (Å²) >= 11 is 0. The SMILES string of the molecule is CN(C(=O)O)[C@@H](C(=O)N1CCC[C@H]1c1ncc(-c2ccc(-c3ccc(-c4cnc([C@@H]5CCCN5C(=O)CN5CCOCC5)[nH]4)cc3)cc2)[nH]1)c1ccccc1. The second-order valence-electron chi connectivity index (χ2n) is 14.5. The molecule has 13 nitrogen and oxygen atoms in total. The molecule has 0 spiro atoms. The number of carbonyl (C=O) groups excluding carboxylic acids is 2. The Labute approximate surface area is 320 Å². The number of carbonyl (C=O) groups is 3. The van der Waals surface area contributed by atoms with Gasteiger partial charge in [-0.15, -0.1) is 0 Å². The number of aromatic amines is 2. The number of nitrogens with zero attached hydrogens (tertiary/aromatic N) is 6. The van der Waals surface area contributed by atoms with Gasteiger partial charge in [0.25, 0.3) is 5.91 Å². The Bertz CT molecular complexity index is 2110. The van der Waals surface area contributed by atoms with E-state index in [0.29, 0.717) is 37.7 Å². The summed E-state index contributed by atoms with van der Waals surface area (Å²) < 4.78 is 5.44. The van der Waals surface area contributed by atoms with Crippen LogP contribution in [0.4, 0.5) is 4.79 Å². The number of likely N-dealkylation sites (tertiary alicyclic amines) is 2. The number of imidazole rings is 2. The molecule has 3 saturated heterocycles. The van der Waals surface area contributed by atoms with E-state index in [9.17, 15) is 19.5 Å². The highest BCUT2D eigenvalue weighted by Crippen LogP contribution is 2.36. The van der Waals surface area contributed by atoms with Gasteiger partial charge >= 0.3 is 6.09 Å². The van der Waals surface area contributed by atoms with Crippen LogP contribution in [-0.4, -0.2) is 116 Å². The molecule has 284 valence electrons. The van der Waals surface area contributed by atoms with Crippen molar-refractivity contribution in [3.8, 4) is 33.6 Å². The molecule has 8 rings (SSSR count). The maximum atomic E-state index is 13.9. The van der Waals surface area contributed by atoms with Crippen molar-refractivity contribution in [2.75, 3.05) is 53.0 Å². The van der Waals surface area contributed by atoms with E-state index < -0.39 is 12.1 Å². The van der Waals surface area contributed by atoms with E-state index in [0.717, 1.165) is 89.7 Å². The van der Waals surface area contributed by atoms with Crippen LogP contribution < -0.4 is 0 Å². The first-order valence-electron chi connectivity index (χ1n) is 19.1. The summed E-state index contributed by atoms with van der Waals surface area (Å²) in [6, 6.07) is 24.4. The Morgan fingerprint density at radius 3 is 1.80 bits per heavy atom. The van der Waals surface area contributed by atoms with Gasteiger partial charge in [0.2, 0.25) is 5.91 Å². The Kier molecular flexibility index (Phi) is 10.5. The van der Waals surface area contributed by atoms with E-state index >= 15 is 0 Å². The molecule has 2 aromatic heterocycles. The summed E-state index contributed by atoms with van der Waals surface area (Å²) in [5.74, 6) is 1.41. The number of ether oxygens (including phenoxy) is 1. The van der Waals surface area contributed by atoms with Crippen LogP contribution in [0.25, 0.3) is 33.6 Å². The summed E-state index contributed by atoms with van der Waals surface area (Å²) in [7, 11) is 1.43. The molecule has 5 aromatic rings. The Hall–Kier alpha value is -5.79. The summed E-state index contributed by atoms with van der Waals surface area (Å²) in [5.41, 5.74) is 6.55. The fraction of sp³-hybridized carbons (Fsp3) is 0.357. The zero-order valence-electron chi connectivity index (χ0n) is 30.9. The molecule has 0 bridgehead atoms. The van der Waals surface area contributed by atoms with Crippen LogP contribution in [0.15, 0.2) is 91.3 Å². The van der Waals surface area contributed by atoms with Gasteiger partial charge in [-0.2, -0.15) is 0 Å². The van der Waals surface area contributed by atoms with E-state index in [4.69, 9.17) is 9.72 Å². The fourth-order valence-corrected chi connectivity index (χ4v) is 8.13. The van der Waals surface area contributed by atoms with Crippen LogP contribution in [0.3, 0.4) is 0 Å². The van der Waals surface area contributed by atoms with Crippen molar-refractivity contribution in [3.05, 3.63) is 108 Å². The maximum Gasteiger partial charge on any atom is 0.407 e. The molecule has 3 aliphatic rings. The highest BCUT2D eigenvalue weighted by Gasteiger charge is 2.39. The number of hydrogen-bond donors (Lipinski definition) is 3. The highest BCUT2D eigenvalue weighted by atomic mass is 16.5. The first-order valence-corrected chi connectivity index (χ1v) is 19.1. The van der Waals surface area contributed by atoms with Gasteiger partial charge in [0, 0.05) is 33.2 Å². The number of carboxylic acid groups (broad SMARTS) is 1. The molecule has 3 atom stereocenters. The van der Waals surface area contributed by atoms with E-state index in [1.54, 1.807) is 23.2 Å². The largest absolute Gasteiger partial charge is 0.465 e. The number of amides is 3. The second-order valence-corrected chi connectivity index (χ2v) is 14.5. The van der Waals surface area contributed by atoms with E-state index in [1.807, 2.05) is 29.3 Å². The third-order valence-corrected chi connectivity index (χ3v) is 11.2. The monoisotopic (exact) mass is 742 g/mol. The molecule has 3 fully saturated rings. The van der Waals surface area contributed by atoms with Crippen molar-refractivity contribution < 1.29 is 24.2 Å². The molecule has 3 amide bonds. The first kappa shape index (κ1) is 36.2. The Balaban J connectivity index is 0.919. The van der Waals surface area contributed by atoms with Crippen molar-refractivity contribution in [1.29, 1.82) is 0 Å². The van der Waals surface area contributed by atoms with Crippen molar-refractivity contribution in [1.82, 2.24) is 39.5 Å². The van der Waals surface area contributed by atoms with Crippen LogP contribution in [0.5, 0.6) is 0 Å². The second kappa shape index (κ2) is 15.9. The molecular weight excluding hydrogens is 697 g/mol. The number of hydrogen-bond acceptors (Lipinski definition) is 7. The molecular formula is C42H46N8O5. The third kappa shape index (κ3) is 7.62. The van der Waals surface area contributed by atoms with Gasteiger partial charge in [-0.1, -0.05) is 78.9 Å². The third-order valence-electron chi connectivity index (χ3n) is 11.2. The van der Waals surface area contributed by atoms with Crippen LogP contribution in [0.1, 0.15) is 61.0 Å². The molecule has 0 radical (unpaired) electrons. The maximum absolute atomic E-state index is 13.9. The zero-order chi connectivity index (χ0) is 37.9. The molecule has 55 heavy (non-hydrogen) atoms. The lowest BCUT2D eigenvalue weighted by Crippen LogP contribution is -2.44. The van der Waals surface area contributed by atoms with Crippen LogP contribution >= 0.6 is 0 Å². The quantitative estimate of drug-likeness (QED) is 0.154. The fourth-order valence-electron chi connectivity index (χ4n) is 8.13. The Morgan fingerprint density at radius 2 is 1.25 bits per heavy atom. The molecule has 3 aliphatic heterocycles. The highest BCUT2D eigenvalue weighted by molar-refractivity contribution is 5.87. The minimum Gasteiger partial charge on any atom is -0.465 e. The molecule has 5 heterocycles. The number of H-pyrrole nitrogens is 2. The minimum absolute atomic E-state index is 0.0385. The van der Waals surface area contributed by atoms with Crippen molar-refractivity contribution in [3.63, 3.8) is 0 Å². The van der Waals surface area contributed by atoms with Gasteiger partial charge in [0.05, 0.1) is 55.6 Å². The summed E-state index contributed by atoms with van der Waals surface area (Å²) in [5, 5.41) is 9.78. The van der Waals surface area contributed by atoms with Crippen LogP contribution in [0.2, 0.25) is 0 Å². The van der Waals surface area contributed by atoms with Crippen molar-refractivity contribution in [2.24, 2.45) is 0 Å². The Morgan fingerprint density at radius 1 is 0.745 bits per heavy atom. The van der Waals surface area contributed by atoms with Gasteiger partial charge in [0.1, 0.15) is 17.7 Å². The lowest BCUT2D eigenvalue weighted by molar-refractivity contribution is -0.137. The van der Waals surface area contributed by atoms with Gasteiger partial charge in [-0.05, 0) is 53.5 Å². The molecule has 0 unspecified atom stereocenters. The summed E-state index contributed by atoms with van der Waals surface area (Å²) in [6.07, 6.45) is 5.89. The van der Waals surface area contributed by atoms with Crippen molar-refractivity contribution >= 4 is 17.9 Å². The minimum atomic E-state index is -1.16. The average Bonchev–Trinajstić information content (AvgIpc) is 4.06. The number of benzene rings is 3. The van der Waals surface area contributed by atoms with Gasteiger partial charge in [-0.3, -0.25) is 19.4 Å². The topological polar surface area (TPSA) is 151 Å². The number of morpholine rings is 1. The predicted molar refractivity (Wildman–Crippen MR) is 207 cm³/mol. The molecule has 0 saturated carbocycles. The molecule has 0 aliphatic carbocycles. The van der Waals surface area contributed by atoms with E-state index in [2.05, 4.69) is 68.4 Å². The average molecular weight is 743 g/mol. The number of nitrogens with one attached hydrogen (secondary N) is 2. The zero-order valence-corrected chi connectivity index (χ0v) is 30.9.